The van der Waals surface area contributed by atoms with Crippen LogP contribution in [0.5, 0.6) is 0 Å². The number of nitrogens with one attached hydrogen (secondary N) is 1. The molecule has 2 atom stereocenters. The van der Waals surface area contributed by atoms with E-state index in [0.717, 1.165) is 6.54 Å². The summed E-state index contributed by atoms with van der Waals surface area (Å²) >= 11 is 0. The second-order valence-corrected chi connectivity index (χ2v) is 4.93. The lowest BCUT2D eigenvalue weighted by atomic mass is 9.99. The van der Waals surface area contributed by atoms with E-state index in [1.165, 1.54) is 24.8 Å². The third-order valence-corrected chi connectivity index (χ3v) is 3.60. The number of hydrogen-bond acceptors (Lipinski definition) is 3. The predicted molar refractivity (Wildman–Crippen MR) is 77.5 cm³/mol. The molecule has 1 rings (SSSR count). The van der Waals surface area contributed by atoms with E-state index in [9.17, 15) is 0 Å². The van der Waals surface area contributed by atoms with Gasteiger partial charge in [0.2, 0.25) is 0 Å². The zero-order valence-corrected chi connectivity index (χ0v) is 12.2. The third kappa shape index (κ3) is 4.39. The highest BCUT2D eigenvalue weighted by Gasteiger charge is 2.21. The maximum atomic E-state index is 4.07. The monoisotopic (exact) mass is 249 g/mol. The molecule has 0 aliphatic carbocycles. The average molecular weight is 249 g/mol. The van der Waals surface area contributed by atoms with Crippen molar-refractivity contribution < 1.29 is 0 Å². The van der Waals surface area contributed by atoms with Crippen LogP contribution < -0.4 is 5.32 Å². The van der Waals surface area contributed by atoms with Crippen LogP contribution in [0, 0.1) is 0 Å². The Bertz CT molecular complexity index is 313. The smallest absolute Gasteiger partial charge is 0.0271 e. The maximum Gasteiger partial charge on any atom is 0.0271 e. The Morgan fingerprint density at radius 2 is 1.94 bits per heavy atom. The molecule has 1 N–H and O–H groups in total. The van der Waals surface area contributed by atoms with Crippen LogP contribution in [0.15, 0.2) is 24.5 Å². The molecule has 0 fully saturated rings. The largest absolute Gasteiger partial charge is 0.315 e. The molecular weight excluding hydrogens is 222 g/mol. The van der Waals surface area contributed by atoms with Crippen molar-refractivity contribution in [2.75, 3.05) is 14.1 Å². The van der Waals surface area contributed by atoms with E-state index in [1.54, 1.807) is 0 Å². The first-order valence-electron chi connectivity index (χ1n) is 6.99. The molecule has 0 radical (unpaired) electrons. The van der Waals surface area contributed by atoms with Crippen molar-refractivity contribution in [1.82, 2.24) is 15.2 Å². The lowest BCUT2D eigenvalue weighted by Gasteiger charge is -2.34. The van der Waals surface area contributed by atoms with Crippen molar-refractivity contribution in [2.24, 2.45) is 0 Å². The fraction of sp³-hybridized carbons (Fsp3) is 0.667. The van der Waals surface area contributed by atoms with Gasteiger partial charge in [0.1, 0.15) is 0 Å². The highest BCUT2D eigenvalue weighted by atomic mass is 15.2. The van der Waals surface area contributed by atoms with E-state index in [1.807, 2.05) is 12.4 Å². The Labute approximate surface area is 112 Å². The molecule has 102 valence electrons. The highest BCUT2D eigenvalue weighted by Crippen LogP contribution is 2.14. The quantitative estimate of drug-likeness (QED) is 0.768. The Hall–Kier alpha value is -0.930. The lowest BCUT2D eigenvalue weighted by Crippen LogP contribution is -2.46. The average Bonchev–Trinajstić information content (AvgIpc) is 2.39. The van der Waals surface area contributed by atoms with Crippen LogP contribution in [0.4, 0.5) is 0 Å². The first-order valence-corrected chi connectivity index (χ1v) is 6.99. The molecule has 0 aliphatic rings. The van der Waals surface area contributed by atoms with E-state index in [2.05, 4.69) is 55.3 Å². The third-order valence-electron chi connectivity index (χ3n) is 3.60. The van der Waals surface area contributed by atoms with Crippen molar-refractivity contribution in [3.63, 3.8) is 0 Å². The van der Waals surface area contributed by atoms with E-state index < -0.39 is 0 Å². The molecule has 0 amide bonds. The van der Waals surface area contributed by atoms with Crippen LogP contribution >= 0.6 is 0 Å². The number of rotatable bonds is 8. The Morgan fingerprint density at radius 1 is 1.28 bits per heavy atom. The van der Waals surface area contributed by atoms with Gasteiger partial charge < -0.3 is 5.32 Å². The first-order chi connectivity index (χ1) is 8.72. The van der Waals surface area contributed by atoms with Crippen molar-refractivity contribution in [3.8, 4) is 0 Å². The maximum absolute atomic E-state index is 4.07. The summed E-state index contributed by atoms with van der Waals surface area (Å²) < 4.78 is 0. The van der Waals surface area contributed by atoms with Crippen molar-refractivity contribution in [3.05, 3.63) is 30.1 Å². The summed E-state index contributed by atoms with van der Waals surface area (Å²) in [6.07, 6.45) is 7.37. The number of pyridine rings is 1. The Kier molecular flexibility index (Phi) is 6.91. The topological polar surface area (TPSA) is 28.2 Å². The van der Waals surface area contributed by atoms with Gasteiger partial charge in [-0.05, 0) is 44.6 Å². The van der Waals surface area contributed by atoms with E-state index in [4.69, 9.17) is 0 Å². The second-order valence-electron chi connectivity index (χ2n) is 4.93. The van der Waals surface area contributed by atoms with Crippen LogP contribution in [0.1, 0.15) is 38.7 Å². The summed E-state index contributed by atoms with van der Waals surface area (Å²) in [6, 6.07) is 5.35. The zero-order valence-electron chi connectivity index (χ0n) is 12.2. The first kappa shape index (κ1) is 15.1. The Morgan fingerprint density at radius 3 is 2.44 bits per heavy atom. The molecule has 2 unspecified atom stereocenters. The normalized spacial score (nSPS) is 14.7. The van der Waals surface area contributed by atoms with Gasteiger partial charge in [-0.25, -0.2) is 0 Å². The highest BCUT2D eigenvalue weighted by molar-refractivity contribution is 5.09. The standard InChI is InChI=1S/C15H27N3/c1-5-7-14(16-3)15(6-2)18(4)12-13-8-10-17-11-9-13/h8-11,14-16H,5-7,12H2,1-4H3. The van der Waals surface area contributed by atoms with Crippen LogP contribution in [-0.4, -0.2) is 36.1 Å². The molecule has 1 aromatic heterocycles. The molecule has 1 heterocycles. The fourth-order valence-corrected chi connectivity index (χ4v) is 2.64. The van der Waals surface area contributed by atoms with Crippen LogP contribution in [0.3, 0.4) is 0 Å². The minimum atomic E-state index is 0.576. The fourth-order valence-electron chi connectivity index (χ4n) is 2.64. The minimum absolute atomic E-state index is 0.576. The molecular formula is C15H27N3. The summed E-state index contributed by atoms with van der Waals surface area (Å²) in [5.74, 6) is 0. The molecule has 3 nitrogen and oxygen atoms in total. The molecule has 0 aliphatic heterocycles. The second kappa shape index (κ2) is 8.22. The van der Waals surface area contributed by atoms with Crippen molar-refractivity contribution >= 4 is 0 Å². The summed E-state index contributed by atoms with van der Waals surface area (Å²) in [5.41, 5.74) is 1.33. The van der Waals surface area contributed by atoms with Gasteiger partial charge in [0.15, 0.2) is 0 Å². The lowest BCUT2D eigenvalue weighted by molar-refractivity contribution is 0.176. The molecule has 0 saturated heterocycles. The number of likely N-dealkylation sites (N-methyl/N-ethyl adjacent to an activating group) is 2. The zero-order chi connectivity index (χ0) is 13.4. The van der Waals surface area contributed by atoms with E-state index in [-0.39, 0.29) is 0 Å². The summed E-state index contributed by atoms with van der Waals surface area (Å²) in [4.78, 5) is 6.52. The predicted octanol–water partition coefficient (Wildman–Crippen LogP) is 2.68. The van der Waals surface area contributed by atoms with Gasteiger partial charge in [-0.3, -0.25) is 9.88 Å². The summed E-state index contributed by atoms with van der Waals surface area (Å²) in [6.45, 7) is 5.51. The molecule has 0 saturated carbocycles. The molecule has 0 spiro atoms. The van der Waals surface area contributed by atoms with Gasteiger partial charge in [0, 0.05) is 31.0 Å². The van der Waals surface area contributed by atoms with Crippen LogP contribution in [0.2, 0.25) is 0 Å². The molecule has 0 aromatic carbocycles. The molecule has 3 heteroatoms. The van der Waals surface area contributed by atoms with Gasteiger partial charge in [-0.15, -0.1) is 0 Å². The van der Waals surface area contributed by atoms with Gasteiger partial charge >= 0.3 is 0 Å². The van der Waals surface area contributed by atoms with E-state index >= 15 is 0 Å². The number of aromatic nitrogens is 1. The van der Waals surface area contributed by atoms with Crippen LogP contribution in [-0.2, 0) is 6.54 Å². The Balaban J connectivity index is 2.63. The van der Waals surface area contributed by atoms with Crippen molar-refractivity contribution in [1.29, 1.82) is 0 Å². The number of hydrogen-bond donors (Lipinski definition) is 1. The SMILES string of the molecule is CCCC(NC)C(CC)N(C)Cc1ccncc1. The molecule has 0 bridgehead atoms. The van der Waals surface area contributed by atoms with Gasteiger partial charge in [-0.1, -0.05) is 20.3 Å². The van der Waals surface area contributed by atoms with Crippen molar-refractivity contribution in [2.45, 2.75) is 51.7 Å². The number of nitrogens with zero attached hydrogens (tertiary/aromatic N) is 2. The minimum Gasteiger partial charge on any atom is -0.315 e. The van der Waals surface area contributed by atoms with Gasteiger partial charge in [0.25, 0.3) is 0 Å². The summed E-state index contributed by atoms with van der Waals surface area (Å²) in [5, 5.41) is 3.47. The van der Waals surface area contributed by atoms with Crippen LogP contribution in [0.25, 0.3) is 0 Å². The van der Waals surface area contributed by atoms with Gasteiger partial charge in [-0.2, -0.15) is 0 Å². The summed E-state index contributed by atoms with van der Waals surface area (Å²) in [7, 11) is 4.29. The van der Waals surface area contributed by atoms with E-state index in [0.29, 0.717) is 12.1 Å². The molecule has 1 aromatic rings. The van der Waals surface area contributed by atoms with Gasteiger partial charge in [0.05, 0.1) is 0 Å². The molecule has 18 heavy (non-hydrogen) atoms.